The van der Waals surface area contributed by atoms with Crippen LogP contribution in [0.25, 0.3) is 0 Å². The lowest BCUT2D eigenvalue weighted by atomic mass is 9.89. The summed E-state index contributed by atoms with van der Waals surface area (Å²) in [6.07, 6.45) is 3.00. The number of nitrogens with two attached hydrogens (primary N) is 1. The first-order valence-electron chi connectivity index (χ1n) is 5.88. The number of rotatable bonds is 1. The summed E-state index contributed by atoms with van der Waals surface area (Å²) in [4.78, 5) is 6.67. The van der Waals surface area contributed by atoms with Gasteiger partial charge in [-0.1, -0.05) is 0 Å². The molecule has 0 aromatic carbocycles. The normalized spacial score (nSPS) is 29.1. The predicted molar refractivity (Wildman–Crippen MR) is 63.3 cm³/mol. The molecule has 0 aliphatic carbocycles. The summed E-state index contributed by atoms with van der Waals surface area (Å²) in [5, 5.41) is 0. The molecule has 2 fully saturated rings. The zero-order valence-corrected chi connectivity index (χ0v) is 9.30. The first-order chi connectivity index (χ1) is 7.84. The van der Waals surface area contributed by atoms with Gasteiger partial charge in [0.15, 0.2) is 5.82 Å². The van der Waals surface area contributed by atoms with Crippen LogP contribution in [-0.2, 0) is 4.74 Å². The van der Waals surface area contributed by atoms with Gasteiger partial charge in [-0.05, 0) is 24.5 Å². The summed E-state index contributed by atoms with van der Waals surface area (Å²) in [6.45, 7) is 3.92. The van der Waals surface area contributed by atoms with Gasteiger partial charge < -0.3 is 15.4 Å². The maximum Gasteiger partial charge on any atom is 0.151 e. The van der Waals surface area contributed by atoms with Crippen molar-refractivity contribution in [3.05, 3.63) is 18.3 Å². The quantitative estimate of drug-likeness (QED) is 0.769. The van der Waals surface area contributed by atoms with E-state index in [1.165, 1.54) is 6.42 Å². The number of nitrogen functional groups attached to an aromatic ring is 1. The number of ether oxygens (including phenoxy) is 1. The molecule has 3 rings (SSSR count). The van der Waals surface area contributed by atoms with E-state index < -0.39 is 0 Å². The lowest BCUT2D eigenvalue weighted by molar-refractivity contribution is 0.182. The van der Waals surface area contributed by atoms with Crippen molar-refractivity contribution in [2.75, 3.05) is 36.9 Å². The zero-order chi connectivity index (χ0) is 11.0. The van der Waals surface area contributed by atoms with Crippen molar-refractivity contribution in [1.82, 2.24) is 4.98 Å². The molecule has 16 heavy (non-hydrogen) atoms. The van der Waals surface area contributed by atoms with Crippen molar-refractivity contribution in [3.8, 4) is 0 Å². The Hall–Kier alpha value is -1.29. The molecule has 4 nitrogen and oxygen atoms in total. The molecule has 3 heterocycles. The second-order valence-corrected chi connectivity index (χ2v) is 4.71. The van der Waals surface area contributed by atoms with Crippen LogP contribution in [-0.4, -0.2) is 31.3 Å². The van der Waals surface area contributed by atoms with E-state index in [1.54, 1.807) is 0 Å². The van der Waals surface area contributed by atoms with E-state index in [4.69, 9.17) is 10.5 Å². The summed E-state index contributed by atoms with van der Waals surface area (Å²) in [5.74, 6) is 2.35. The third-order valence-electron chi connectivity index (χ3n) is 3.67. The standard InChI is InChI=1S/C12H17N3O/c13-11-2-1-4-14-12(11)15-5-3-9-7-16-8-10(9)6-15/h1-2,4,9-10H,3,5-8,13H2. The summed E-state index contributed by atoms with van der Waals surface area (Å²) in [7, 11) is 0. The monoisotopic (exact) mass is 219 g/mol. The third kappa shape index (κ3) is 1.63. The van der Waals surface area contributed by atoms with Crippen LogP contribution < -0.4 is 10.6 Å². The van der Waals surface area contributed by atoms with Gasteiger partial charge in [0.2, 0.25) is 0 Å². The summed E-state index contributed by atoms with van der Waals surface area (Å²) >= 11 is 0. The highest BCUT2D eigenvalue weighted by molar-refractivity contribution is 5.62. The fourth-order valence-corrected chi connectivity index (χ4v) is 2.73. The first kappa shape index (κ1) is 9.90. The number of anilines is 2. The predicted octanol–water partition coefficient (Wildman–Crippen LogP) is 1.14. The molecule has 0 spiro atoms. The highest BCUT2D eigenvalue weighted by Crippen LogP contribution is 2.32. The molecule has 2 atom stereocenters. The van der Waals surface area contributed by atoms with Crippen molar-refractivity contribution in [2.24, 2.45) is 11.8 Å². The Balaban J connectivity index is 1.79. The number of hydrogen-bond acceptors (Lipinski definition) is 4. The van der Waals surface area contributed by atoms with Gasteiger partial charge in [-0.3, -0.25) is 0 Å². The van der Waals surface area contributed by atoms with E-state index >= 15 is 0 Å². The van der Waals surface area contributed by atoms with Crippen LogP contribution in [0.2, 0.25) is 0 Å². The maximum atomic E-state index is 5.95. The van der Waals surface area contributed by atoms with Crippen molar-refractivity contribution < 1.29 is 4.74 Å². The summed E-state index contributed by atoms with van der Waals surface area (Å²) in [6, 6.07) is 3.80. The zero-order valence-electron chi connectivity index (χ0n) is 9.30. The molecule has 2 aliphatic rings. The minimum atomic E-state index is 0.662. The topological polar surface area (TPSA) is 51.4 Å². The molecule has 0 amide bonds. The molecule has 86 valence electrons. The highest BCUT2D eigenvalue weighted by atomic mass is 16.5. The average Bonchev–Trinajstić information content (AvgIpc) is 2.76. The molecule has 2 saturated heterocycles. The van der Waals surface area contributed by atoms with E-state index in [1.807, 2.05) is 18.3 Å². The maximum absolute atomic E-state index is 5.95. The third-order valence-corrected chi connectivity index (χ3v) is 3.67. The Morgan fingerprint density at radius 1 is 1.38 bits per heavy atom. The lowest BCUT2D eigenvalue weighted by Gasteiger charge is -2.35. The Bertz CT molecular complexity index is 382. The molecular formula is C12H17N3O. The smallest absolute Gasteiger partial charge is 0.151 e. The molecule has 2 aliphatic heterocycles. The Labute approximate surface area is 95.4 Å². The van der Waals surface area contributed by atoms with E-state index in [0.717, 1.165) is 43.7 Å². The van der Waals surface area contributed by atoms with E-state index in [-0.39, 0.29) is 0 Å². The molecule has 1 aromatic heterocycles. The largest absolute Gasteiger partial charge is 0.396 e. The SMILES string of the molecule is Nc1cccnc1N1CCC2COCC2C1. The van der Waals surface area contributed by atoms with Crippen LogP contribution in [0.15, 0.2) is 18.3 Å². The fourth-order valence-electron chi connectivity index (χ4n) is 2.73. The van der Waals surface area contributed by atoms with Crippen LogP contribution >= 0.6 is 0 Å². The van der Waals surface area contributed by atoms with Gasteiger partial charge in [-0.2, -0.15) is 0 Å². The van der Waals surface area contributed by atoms with E-state index in [9.17, 15) is 0 Å². The molecule has 0 saturated carbocycles. The molecule has 2 N–H and O–H groups in total. The average molecular weight is 219 g/mol. The van der Waals surface area contributed by atoms with Gasteiger partial charge in [-0.15, -0.1) is 0 Å². The molecule has 1 aromatic rings. The minimum Gasteiger partial charge on any atom is -0.396 e. The number of nitrogens with zero attached hydrogens (tertiary/aromatic N) is 2. The van der Waals surface area contributed by atoms with Crippen LogP contribution in [0.3, 0.4) is 0 Å². The summed E-state index contributed by atoms with van der Waals surface area (Å²) in [5.41, 5.74) is 6.73. The Morgan fingerprint density at radius 3 is 3.12 bits per heavy atom. The van der Waals surface area contributed by atoms with Crippen LogP contribution in [0.5, 0.6) is 0 Å². The molecule has 2 unspecified atom stereocenters. The number of pyridine rings is 1. The summed E-state index contributed by atoms with van der Waals surface area (Å²) < 4.78 is 5.53. The number of piperidine rings is 1. The fraction of sp³-hybridized carbons (Fsp3) is 0.583. The Morgan fingerprint density at radius 2 is 2.25 bits per heavy atom. The second kappa shape index (κ2) is 3.94. The van der Waals surface area contributed by atoms with Crippen molar-refractivity contribution in [2.45, 2.75) is 6.42 Å². The lowest BCUT2D eigenvalue weighted by Crippen LogP contribution is -2.40. The van der Waals surface area contributed by atoms with E-state index in [2.05, 4.69) is 9.88 Å². The van der Waals surface area contributed by atoms with Crippen molar-refractivity contribution in [1.29, 1.82) is 0 Å². The highest BCUT2D eigenvalue weighted by Gasteiger charge is 2.34. The van der Waals surface area contributed by atoms with Crippen LogP contribution in [0.4, 0.5) is 11.5 Å². The van der Waals surface area contributed by atoms with Gasteiger partial charge in [0, 0.05) is 31.8 Å². The number of aromatic nitrogens is 1. The molecule has 4 heteroatoms. The van der Waals surface area contributed by atoms with Crippen LogP contribution in [0.1, 0.15) is 6.42 Å². The van der Waals surface area contributed by atoms with Crippen LogP contribution in [0, 0.1) is 11.8 Å². The van der Waals surface area contributed by atoms with Crippen molar-refractivity contribution in [3.63, 3.8) is 0 Å². The molecular weight excluding hydrogens is 202 g/mol. The number of hydrogen-bond donors (Lipinski definition) is 1. The van der Waals surface area contributed by atoms with Gasteiger partial charge in [-0.25, -0.2) is 4.98 Å². The van der Waals surface area contributed by atoms with Gasteiger partial charge in [0.25, 0.3) is 0 Å². The van der Waals surface area contributed by atoms with E-state index in [0.29, 0.717) is 5.92 Å². The molecule has 0 radical (unpaired) electrons. The minimum absolute atomic E-state index is 0.662. The molecule has 0 bridgehead atoms. The first-order valence-corrected chi connectivity index (χ1v) is 5.88. The van der Waals surface area contributed by atoms with Gasteiger partial charge in [0.1, 0.15) is 0 Å². The van der Waals surface area contributed by atoms with Crippen molar-refractivity contribution >= 4 is 11.5 Å². The van der Waals surface area contributed by atoms with Gasteiger partial charge in [0.05, 0.1) is 12.3 Å². The number of fused-ring (bicyclic) bond motifs is 1. The van der Waals surface area contributed by atoms with Gasteiger partial charge >= 0.3 is 0 Å². The Kier molecular flexibility index (Phi) is 2.44. The second-order valence-electron chi connectivity index (χ2n) is 4.71.